The van der Waals surface area contributed by atoms with Crippen molar-refractivity contribution in [3.8, 4) is 17.2 Å². The number of fused-ring (bicyclic) bond motifs is 1. The summed E-state index contributed by atoms with van der Waals surface area (Å²) in [5.41, 5.74) is 2.89. The smallest absolute Gasteiger partial charge is 0.266 e. The van der Waals surface area contributed by atoms with E-state index in [1.807, 2.05) is 79.7 Å². The van der Waals surface area contributed by atoms with Crippen molar-refractivity contribution >= 4 is 11.6 Å². The Morgan fingerprint density at radius 3 is 2.72 bits per heavy atom. The van der Waals surface area contributed by atoms with Crippen LogP contribution in [0.25, 0.3) is 0 Å². The van der Waals surface area contributed by atoms with Crippen LogP contribution in [-0.2, 0) is 16.1 Å². The molecule has 0 spiro atoms. The lowest BCUT2D eigenvalue weighted by atomic mass is 10.1. The first-order valence-corrected chi connectivity index (χ1v) is 12.4. The lowest BCUT2D eigenvalue weighted by molar-refractivity contribution is -0.123. The molecule has 3 aromatic carbocycles. The highest BCUT2D eigenvalue weighted by molar-refractivity contribution is 5.94. The number of rotatable bonds is 10. The minimum atomic E-state index is -0.720. The van der Waals surface area contributed by atoms with Crippen molar-refractivity contribution in [1.29, 1.82) is 0 Å². The molecule has 0 aliphatic carbocycles. The summed E-state index contributed by atoms with van der Waals surface area (Å²) in [4.78, 5) is 15.7. The molecule has 1 N–H and O–H groups in total. The molecule has 2 unspecified atom stereocenters. The van der Waals surface area contributed by atoms with Crippen molar-refractivity contribution in [3.05, 3.63) is 83.9 Å². The summed E-state index contributed by atoms with van der Waals surface area (Å²) >= 11 is 0. The van der Waals surface area contributed by atoms with Crippen molar-refractivity contribution in [2.75, 3.05) is 31.8 Å². The van der Waals surface area contributed by atoms with E-state index in [0.29, 0.717) is 25.4 Å². The summed E-state index contributed by atoms with van der Waals surface area (Å²) in [7, 11) is 0. The zero-order valence-corrected chi connectivity index (χ0v) is 20.5. The van der Waals surface area contributed by atoms with E-state index >= 15 is 0 Å². The van der Waals surface area contributed by atoms with Crippen LogP contribution < -0.4 is 19.5 Å². The maximum absolute atomic E-state index is 13.4. The Labute approximate surface area is 211 Å². The minimum absolute atomic E-state index is 0.135. The van der Waals surface area contributed by atoms with E-state index in [4.69, 9.17) is 18.9 Å². The van der Waals surface area contributed by atoms with Gasteiger partial charge >= 0.3 is 0 Å². The number of amides is 1. The monoisotopic (exact) mass is 488 g/mol. The van der Waals surface area contributed by atoms with Crippen molar-refractivity contribution in [3.63, 3.8) is 0 Å². The Bertz CT molecular complexity index is 1160. The summed E-state index contributed by atoms with van der Waals surface area (Å²) in [5.74, 6) is 1.99. The normalized spacial score (nSPS) is 17.2. The molecule has 1 saturated heterocycles. The maximum atomic E-state index is 13.4. The third-order valence-electron chi connectivity index (χ3n) is 6.35. The molecule has 1 amide bonds. The number of anilines is 1. The van der Waals surface area contributed by atoms with Crippen LogP contribution in [0.4, 0.5) is 5.69 Å². The molecule has 2 aliphatic rings. The third kappa shape index (κ3) is 6.36. The molecule has 0 saturated carbocycles. The van der Waals surface area contributed by atoms with Crippen molar-refractivity contribution in [2.24, 2.45) is 0 Å². The molecular weight excluding hydrogens is 456 g/mol. The largest absolute Gasteiger partial charge is 0.479 e. The zero-order chi connectivity index (χ0) is 24.7. The van der Waals surface area contributed by atoms with Gasteiger partial charge in [0.15, 0.2) is 17.6 Å². The van der Waals surface area contributed by atoms with E-state index in [2.05, 4.69) is 10.2 Å². The predicted octanol–water partition coefficient (Wildman–Crippen LogP) is 4.79. The Morgan fingerprint density at radius 1 is 1.06 bits per heavy atom. The van der Waals surface area contributed by atoms with Gasteiger partial charge in [-0.2, -0.15) is 0 Å². The minimum Gasteiger partial charge on any atom is -0.479 e. The molecule has 1 fully saturated rings. The number of benzene rings is 3. The first-order valence-electron chi connectivity index (χ1n) is 12.4. The van der Waals surface area contributed by atoms with Gasteiger partial charge in [-0.3, -0.25) is 9.69 Å². The molecule has 7 nitrogen and oxygen atoms in total. The van der Waals surface area contributed by atoms with Gasteiger partial charge in [0.2, 0.25) is 6.79 Å². The van der Waals surface area contributed by atoms with Crippen LogP contribution in [0.1, 0.15) is 24.0 Å². The second-order valence-electron chi connectivity index (χ2n) is 9.30. The topological polar surface area (TPSA) is 69.3 Å². The van der Waals surface area contributed by atoms with E-state index < -0.39 is 6.10 Å². The van der Waals surface area contributed by atoms with Gasteiger partial charge in [0.25, 0.3) is 5.91 Å². The van der Waals surface area contributed by atoms with Crippen LogP contribution in [0.2, 0.25) is 0 Å². The summed E-state index contributed by atoms with van der Waals surface area (Å²) in [6.45, 7) is 4.77. The van der Waals surface area contributed by atoms with Gasteiger partial charge in [-0.1, -0.05) is 36.4 Å². The molecule has 36 heavy (non-hydrogen) atoms. The number of para-hydroxylation sites is 1. The second kappa shape index (κ2) is 11.5. The van der Waals surface area contributed by atoms with Gasteiger partial charge in [0.1, 0.15) is 5.75 Å². The van der Waals surface area contributed by atoms with Crippen molar-refractivity contribution in [2.45, 2.75) is 38.5 Å². The summed E-state index contributed by atoms with van der Waals surface area (Å²) in [6, 6.07) is 23.2. The number of nitrogens with zero attached hydrogens (tertiary/aromatic N) is 1. The van der Waals surface area contributed by atoms with Crippen molar-refractivity contribution in [1.82, 2.24) is 4.90 Å². The number of aryl methyl sites for hydroxylation is 1. The number of carbonyl (C=O) groups excluding carboxylic acids is 1. The average molecular weight is 489 g/mol. The fraction of sp³-hybridized carbons (Fsp3) is 0.345. The summed E-state index contributed by atoms with van der Waals surface area (Å²) in [6.07, 6.45) is 1.48. The van der Waals surface area contributed by atoms with Crippen LogP contribution in [-0.4, -0.2) is 49.5 Å². The molecule has 188 valence electrons. The second-order valence-corrected chi connectivity index (χ2v) is 9.30. The summed E-state index contributed by atoms with van der Waals surface area (Å²) in [5, 5.41) is 3.02. The lowest BCUT2D eigenvalue weighted by Crippen LogP contribution is -2.45. The fourth-order valence-electron chi connectivity index (χ4n) is 4.58. The molecule has 3 aromatic rings. The standard InChI is InChI=1S/C29H32N2O5/c1-21-7-5-10-24(15-21)36-28(29(32)30-23-8-3-2-4-9-23)19-31(18-25-11-6-14-33-25)17-22-12-13-26-27(16-22)35-20-34-26/h2-5,7-10,12-13,15-16,25,28H,6,11,14,17-20H2,1H3,(H,30,32). The van der Waals surface area contributed by atoms with E-state index in [0.717, 1.165) is 47.8 Å². The quantitative estimate of drug-likeness (QED) is 0.443. The predicted molar refractivity (Wildman–Crippen MR) is 137 cm³/mol. The van der Waals surface area contributed by atoms with Gasteiger partial charge in [0, 0.05) is 31.9 Å². The molecule has 2 heterocycles. The first kappa shape index (κ1) is 24.2. The molecule has 7 heteroatoms. The number of carbonyl (C=O) groups is 1. The first-order chi connectivity index (χ1) is 17.6. The highest BCUT2D eigenvalue weighted by atomic mass is 16.7. The Hall–Kier alpha value is -3.55. The van der Waals surface area contributed by atoms with Crippen LogP contribution in [0.3, 0.4) is 0 Å². The lowest BCUT2D eigenvalue weighted by Gasteiger charge is -2.29. The van der Waals surface area contributed by atoms with Crippen LogP contribution in [0.5, 0.6) is 17.2 Å². The van der Waals surface area contributed by atoms with E-state index in [9.17, 15) is 4.79 Å². The van der Waals surface area contributed by atoms with Gasteiger partial charge in [-0.15, -0.1) is 0 Å². The molecule has 0 aromatic heterocycles. The fourth-order valence-corrected chi connectivity index (χ4v) is 4.58. The van der Waals surface area contributed by atoms with Crippen LogP contribution in [0.15, 0.2) is 72.8 Å². The third-order valence-corrected chi connectivity index (χ3v) is 6.35. The van der Waals surface area contributed by atoms with Crippen LogP contribution in [0, 0.1) is 6.92 Å². The van der Waals surface area contributed by atoms with Gasteiger partial charge < -0.3 is 24.3 Å². The number of hydrogen-bond acceptors (Lipinski definition) is 6. The average Bonchev–Trinajstić information content (AvgIpc) is 3.56. The van der Waals surface area contributed by atoms with E-state index in [1.54, 1.807) is 0 Å². The number of hydrogen-bond donors (Lipinski definition) is 1. The molecule has 2 atom stereocenters. The van der Waals surface area contributed by atoms with Crippen molar-refractivity contribution < 1.29 is 23.7 Å². The van der Waals surface area contributed by atoms with E-state index in [1.165, 1.54) is 0 Å². The molecule has 0 bridgehead atoms. The summed E-state index contributed by atoms with van der Waals surface area (Å²) < 4.78 is 23.3. The SMILES string of the molecule is Cc1cccc(OC(CN(Cc2ccc3c(c2)OCO3)CC2CCCO2)C(=O)Nc2ccccc2)c1. The number of nitrogens with one attached hydrogen (secondary N) is 1. The Balaban J connectivity index is 1.37. The highest BCUT2D eigenvalue weighted by Gasteiger charge is 2.28. The molecule has 5 rings (SSSR count). The van der Waals surface area contributed by atoms with Gasteiger partial charge in [-0.25, -0.2) is 0 Å². The van der Waals surface area contributed by atoms with Gasteiger partial charge in [-0.05, 0) is 67.3 Å². The molecule has 2 aliphatic heterocycles. The zero-order valence-electron chi connectivity index (χ0n) is 20.5. The van der Waals surface area contributed by atoms with Gasteiger partial charge in [0.05, 0.1) is 6.10 Å². The van der Waals surface area contributed by atoms with Crippen LogP contribution >= 0.6 is 0 Å². The molecule has 0 radical (unpaired) electrons. The molecular formula is C29H32N2O5. The maximum Gasteiger partial charge on any atom is 0.266 e. The Morgan fingerprint density at radius 2 is 1.92 bits per heavy atom. The Kier molecular flexibility index (Phi) is 7.69. The van der Waals surface area contributed by atoms with E-state index in [-0.39, 0.29) is 18.8 Å². The highest BCUT2D eigenvalue weighted by Crippen LogP contribution is 2.33. The number of ether oxygens (including phenoxy) is 4.